The van der Waals surface area contributed by atoms with E-state index in [4.69, 9.17) is 9.47 Å². The minimum absolute atomic E-state index is 0.127. The number of ether oxygens (including phenoxy) is 2. The highest BCUT2D eigenvalue weighted by Crippen LogP contribution is 2.49. The van der Waals surface area contributed by atoms with Crippen LogP contribution in [0.1, 0.15) is 39.5 Å². The van der Waals surface area contributed by atoms with Crippen molar-refractivity contribution in [1.82, 2.24) is 0 Å². The largest absolute Gasteiger partial charge is 0.388 e. The van der Waals surface area contributed by atoms with E-state index in [0.29, 0.717) is 12.8 Å². The van der Waals surface area contributed by atoms with Crippen molar-refractivity contribution in [3.05, 3.63) is 12.2 Å². The molecule has 1 N–H and O–H groups in total. The molecule has 4 heteroatoms. The van der Waals surface area contributed by atoms with Gasteiger partial charge in [0.15, 0.2) is 5.79 Å². The Morgan fingerprint density at radius 3 is 2.78 bits per heavy atom. The highest BCUT2D eigenvalue weighted by atomic mass is 16.8. The maximum atomic E-state index is 12.4. The molecule has 2 aliphatic carbocycles. The third-order valence-electron chi connectivity index (χ3n) is 4.41. The number of aliphatic hydroxyl groups excluding tert-OH is 1. The first-order valence-electron chi connectivity index (χ1n) is 6.71. The SMILES string of the molecule is CC1(C)O[C@H]2C=C[C@H](O)[C@@]3(CCCCC3=O)[C@H]2O1. The molecule has 2 fully saturated rings. The highest BCUT2D eigenvalue weighted by molar-refractivity contribution is 5.87. The van der Waals surface area contributed by atoms with Gasteiger partial charge in [0.2, 0.25) is 0 Å². The maximum Gasteiger partial charge on any atom is 0.164 e. The number of fused-ring (bicyclic) bond motifs is 2. The Morgan fingerprint density at radius 1 is 1.28 bits per heavy atom. The summed E-state index contributed by atoms with van der Waals surface area (Å²) in [6, 6.07) is 0. The van der Waals surface area contributed by atoms with E-state index in [-0.39, 0.29) is 18.0 Å². The van der Waals surface area contributed by atoms with Crippen LogP contribution in [0.2, 0.25) is 0 Å². The zero-order valence-electron chi connectivity index (χ0n) is 10.9. The summed E-state index contributed by atoms with van der Waals surface area (Å²) in [5, 5.41) is 10.3. The molecule has 0 aromatic rings. The third-order valence-corrected chi connectivity index (χ3v) is 4.41. The van der Waals surface area contributed by atoms with Gasteiger partial charge in [-0.25, -0.2) is 0 Å². The first-order valence-corrected chi connectivity index (χ1v) is 6.71. The molecule has 1 saturated heterocycles. The lowest BCUT2D eigenvalue weighted by Gasteiger charge is -2.45. The Labute approximate surface area is 107 Å². The molecule has 1 heterocycles. The summed E-state index contributed by atoms with van der Waals surface area (Å²) in [6.07, 6.45) is 5.33. The van der Waals surface area contributed by atoms with Gasteiger partial charge in [0.25, 0.3) is 0 Å². The van der Waals surface area contributed by atoms with Gasteiger partial charge in [0, 0.05) is 6.42 Å². The molecule has 4 nitrogen and oxygen atoms in total. The Bertz CT molecular complexity index is 401. The second kappa shape index (κ2) is 3.89. The second-order valence-electron chi connectivity index (χ2n) is 6.02. The lowest BCUT2D eigenvalue weighted by Crippen LogP contribution is -2.57. The van der Waals surface area contributed by atoms with Gasteiger partial charge >= 0.3 is 0 Å². The molecule has 4 atom stereocenters. The first-order chi connectivity index (χ1) is 8.46. The van der Waals surface area contributed by atoms with Crippen molar-refractivity contribution in [2.24, 2.45) is 5.41 Å². The molecule has 100 valence electrons. The lowest BCUT2D eigenvalue weighted by atomic mass is 9.62. The van der Waals surface area contributed by atoms with E-state index >= 15 is 0 Å². The number of aliphatic hydroxyl groups is 1. The molecule has 3 rings (SSSR count). The number of rotatable bonds is 0. The van der Waals surface area contributed by atoms with Crippen LogP contribution in [0.25, 0.3) is 0 Å². The molecule has 3 aliphatic rings. The van der Waals surface area contributed by atoms with Crippen molar-refractivity contribution < 1.29 is 19.4 Å². The van der Waals surface area contributed by atoms with E-state index < -0.39 is 17.3 Å². The van der Waals surface area contributed by atoms with Crippen molar-refractivity contribution in [2.45, 2.75) is 63.6 Å². The summed E-state index contributed by atoms with van der Waals surface area (Å²) in [4.78, 5) is 12.4. The number of carbonyl (C=O) groups is 1. The molecule has 1 spiro atoms. The number of ketones is 1. The van der Waals surface area contributed by atoms with Crippen LogP contribution >= 0.6 is 0 Å². The smallest absolute Gasteiger partial charge is 0.164 e. The molecule has 0 aromatic carbocycles. The van der Waals surface area contributed by atoms with Crippen molar-refractivity contribution in [3.8, 4) is 0 Å². The molecular weight excluding hydrogens is 232 g/mol. The van der Waals surface area contributed by atoms with Crippen LogP contribution in [-0.2, 0) is 14.3 Å². The minimum atomic E-state index is -0.786. The normalized spacial score (nSPS) is 46.4. The maximum absolute atomic E-state index is 12.4. The second-order valence-corrected chi connectivity index (χ2v) is 6.02. The Balaban J connectivity index is 2.01. The zero-order valence-corrected chi connectivity index (χ0v) is 10.9. The van der Waals surface area contributed by atoms with E-state index in [0.717, 1.165) is 12.8 Å². The number of hydrogen-bond acceptors (Lipinski definition) is 4. The van der Waals surface area contributed by atoms with Gasteiger partial charge in [-0.05, 0) is 26.7 Å². The van der Waals surface area contributed by atoms with Gasteiger partial charge < -0.3 is 14.6 Å². The van der Waals surface area contributed by atoms with Gasteiger partial charge in [-0.3, -0.25) is 4.79 Å². The quantitative estimate of drug-likeness (QED) is 0.665. The van der Waals surface area contributed by atoms with E-state index in [9.17, 15) is 9.90 Å². The Morgan fingerprint density at radius 2 is 2.06 bits per heavy atom. The first kappa shape index (κ1) is 12.3. The molecule has 1 saturated carbocycles. The molecule has 18 heavy (non-hydrogen) atoms. The molecule has 0 aromatic heterocycles. The van der Waals surface area contributed by atoms with Gasteiger partial charge in [0.05, 0.1) is 11.5 Å². The van der Waals surface area contributed by atoms with Crippen LogP contribution in [0.4, 0.5) is 0 Å². The predicted molar refractivity (Wildman–Crippen MR) is 64.9 cm³/mol. The van der Waals surface area contributed by atoms with Crippen molar-refractivity contribution in [1.29, 1.82) is 0 Å². The van der Waals surface area contributed by atoms with Gasteiger partial charge in [-0.15, -0.1) is 0 Å². The number of Topliss-reactive ketones (excluding diaryl/α,β-unsaturated/α-hetero) is 1. The third kappa shape index (κ3) is 1.59. The van der Waals surface area contributed by atoms with Crippen LogP contribution in [0, 0.1) is 5.41 Å². The fourth-order valence-corrected chi connectivity index (χ4v) is 3.57. The summed E-state index contributed by atoms with van der Waals surface area (Å²) in [6.45, 7) is 3.71. The Kier molecular flexibility index (Phi) is 2.66. The molecule has 1 aliphatic heterocycles. The highest BCUT2D eigenvalue weighted by Gasteiger charge is 2.60. The van der Waals surface area contributed by atoms with E-state index in [2.05, 4.69) is 0 Å². The standard InChI is InChI=1S/C14H20O4/c1-13(2)17-9-6-7-11(16)14(12(9)18-13)8-4-3-5-10(14)15/h6-7,9,11-12,16H,3-5,8H2,1-2H3/t9-,11-,12-,14-/m0/s1. The van der Waals surface area contributed by atoms with Crippen LogP contribution in [0.15, 0.2) is 12.2 Å². The van der Waals surface area contributed by atoms with Crippen LogP contribution in [0.3, 0.4) is 0 Å². The minimum Gasteiger partial charge on any atom is -0.388 e. The van der Waals surface area contributed by atoms with Crippen molar-refractivity contribution in [3.63, 3.8) is 0 Å². The van der Waals surface area contributed by atoms with Crippen LogP contribution in [0.5, 0.6) is 0 Å². The Hall–Kier alpha value is -0.710. The van der Waals surface area contributed by atoms with Crippen LogP contribution in [-0.4, -0.2) is 35.0 Å². The lowest BCUT2D eigenvalue weighted by molar-refractivity contribution is -0.174. The molecule has 0 radical (unpaired) electrons. The summed E-state index contributed by atoms with van der Waals surface area (Å²) in [5.41, 5.74) is -0.786. The predicted octanol–water partition coefficient (Wildman–Crippen LogP) is 1.57. The van der Waals surface area contributed by atoms with Crippen molar-refractivity contribution >= 4 is 5.78 Å². The van der Waals surface area contributed by atoms with E-state index in [1.165, 1.54) is 0 Å². The fourth-order valence-electron chi connectivity index (χ4n) is 3.57. The zero-order chi connectivity index (χ0) is 13.0. The monoisotopic (exact) mass is 252 g/mol. The summed E-state index contributed by atoms with van der Waals surface area (Å²) >= 11 is 0. The summed E-state index contributed by atoms with van der Waals surface area (Å²) in [7, 11) is 0. The van der Waals surface area contributed by atoms with Gasteiger partial charge in [0.1, 0.15) is 18.0 Å². The topological polar surface area (TPSA) is 55.8 Å². The molecular formula is C14H20O4. The summed E-state index contributed by atoms with van der Waals surface area (Å²) in [5.74, 6) is -0.559. The molecule has 0 amide bonds. The number of hydrogen-bond donors (Lipinski definition) is 1. The average molecular weight is 252 g/mol. The fraction of sp³-hybridized carbons (Fsp3) is 0.786. The van der Waals surface area contributed by atoms with E-state index in [1.54, 1.807) is 6.08 Å². The van der Waals surface area contributed by atoms with E-state index in [1.807, 2.05) is 19.9 Å². The molecule has 0 unspecified atom stereocenters. The van der Waals surface area contributed by atoms with Gasteiger partial charge in [-0.1, -0.05) is 18.6 Å². The average Bonchev–Trinajstić information content (AvgIpc) is 2.62. The van der Waals surface area contributed by atoms with Gasteiger partial charge in [-0.2, -0.15) is 0 Å². The van der Waals surface area contributed by atoms with Crippen molar-refractivity contribution in [2.75, 3.05) is 0 Å². The summed E-state index contributed by atoms with van der Waals surface area (Å²) < 4.78 is 11.7. The van der Waals surface area contributed by atoms with Crippen LogP contribution < -0.4 is 0 Å². The number of carbonyl (C=O) groups excluding carboxylic acids is 1. The molecule has 0 bridgehead atoms.